The Bertz CT molecular complexity index is 406. The van der Waals surface area contributed by atoms with Gasteiger partial charge in [0.1, 0.15) is 5.82 Å². The molecule has 0 spiro atoms. The second-order valence-electron chi connectivity index (χ2n) is 5.34. The lowest BCUT2D eigenvalue weighted by Crippen LogP contribution is -2.32. The van der Waals surface area contributed by atoms with Crippen LogP contribution in [-0.2, 0) is 6.42 Å². The highest BCUT2D eigenvalue weighted by Crippen LogP contribution is 2.27. The molecule has 0 saturated carbocycles. The molecule has 1 saturated heterocycles. The van der Waals surface area contributed by atoms with Crippen molar-refractivity contribution in [2.24, 2.45) is 0 Å². The zero-order valence-corrected chi connectivity index (χ0v) is 12.2. The van der Waals surface area contributed by atoms with Crippen LogP contribution in [0.2, 0.25) is 0 Å². The molecule has 2 nitrogen and oxygen atoms in total. The lowest BCUT2D eigenvalue weighted by Gasteiger charge is -2.26. The highest BCUT2D eigenvalue weighted by atomic mass is 79.9. The molecule has 1 unspecified atom stereocenters. The molecule has 1 atom stereocenters. The van der Waals surface area contributed by atoms with E-state index in [-0.39, 0.29) is 5.82 Å². The van der Waals surface area contributed by atoms with E-state index in [1.54, 1.807) is 0 Å². The number of nitrogens with zero attached hydrogens (tertiary/aromatic N) is 1. The summed E-state index contributed by atoms with van der Waals surface area (Å²) in [6.45, 7) is 1.92. The molecule has 1 aliphatic heterocycles. The smallest absolute Gasteiger partial charge is 0.124 e. The Morgan fingerprint density at radius 2 is 2.11 bits per heavy atom. The molecule has 1 aromatic rings. The first-order valence-electron chi connectivity index (χ1n) is 6.33. The maximum Gasteiger partial charge on any atom is 0.124 e. The SMILES string of the molecule is CN1CCCC(O)(Cc2cc(F)cc(Br)c2)CC1. The van der Waals surface area contributed by atoms with Gasteiger partial charge in [0.25, 0.3) is 0 Å². The highest BCUT2D eigenvalue weighted by Gasteiger charge is 2.29. The fourth-order valence-electron chi connectivity index (χ4n) is 2.58. The molecular formula is C14H19BrFNO. The molecule has 1 fully saturated rings. The Hall–Kier alpha value is -0.450. The first kappa shape index (κ1) is 14.0. The van der Waals surface area contributed by atoms with Gasteiger partial charge in [0.05, 0.1) is 5.60 Å². The fourth-order valence-corrected chi connectivity index (χ4v) is 3.10. The van der Waals surface area contributed by atoms with Gasteiger partial charge < -0.3 is 10.0 Å². The van der Waals surface area contributed by atoms with E-state index in [2.05, 4.69) is 27.9 Å². The van der Waals surface area contributed by atoms with Crippen molar-refractivity contribution in [2.45, 2.75) is 31.3 Å². The third kappa shape index (κ3) is 3.77. The zero-order valence-electron chi connectivity index (χ0n) is 10.6. The topological polar surface area (TPSA) is 23.5 Å². The largest absolute Gasteiger partial charge is 0.389 e. The quantitative estimate of drug-likeness (QED) is 0.907. The molecule has 0 aliphatic carbocycles. The second kappa shape index (κ2) is 5.68. The Kier molecular flexibility index (Phi) is 4.41. The van der Waals surface area contributed by atoms with Crippen molar-refractivity contribution in [2.75, 3.05) is 20.1 Å². The van der Waals surface area contributed by atoms with E-state index in [0.29, 0.717) is 6.42 Å². The first-order valence-corrected chi connectivity index (χ1v) is 7.12. The number of hydrogen-bond acceptors (Lipinski definition) is 2. The van der Waals surface area contributed by atoms with Crippen LogP contribution in [0.25, 0.3) is 0 Å². The van der Waals surface area contributed by atoms with E-state index in [4.69, 9.17) is 0 Å². The van der Waals surface area contributed by atoms with Crippen LogP contribution in [0, 0.1) is 5.82 Å². The molecule has 18 heavy (non-hydrogen) atoms. The van der Waals surface area contributed by atoms with E-state index in [1.807, 2.05) is 6.07 Å². The third-order valence-electron chi connectivity index (χ3n) is 3.60. The number of aliphatic hydroxyl groups is 1. The van der Waals surface area contributed by atoms with Crippen molar-refractivity contribution in [3.63, 3.8) is 0 Å². The number of benzene rings is 1. The summed E-state index contributed by atoms with van der Waals surface area (Å²) in [6.07, 6.45) is 3.05. The average Bonchev–Trinajstić information content (AvgIpc) is 2.39. The molecular weight excluding hydrogens is 297 g/mol. The van der Waals surface area contributed by atoms with Crippen LogP contribution in [0.5, 0.6) is 0 Å². The van der Waals surface area contributed by atoms with Gasteiger partial charge in [-0.05, 0) is 56.6 Å². The van der Waals surface area contributed by atoms with Gasteiger partial charge in [0.15, 0.2) is 0 Å². The van der Waals surface area contributed by atoms with Crippen molar-refractivity contribution in [3.8, 4) is 0 Å². The predicted molar refractivity (Wildman–Crippen MR) is 74.1 cm³/mol. The molecule has 0 aromatic heterocycles. The van der Waals surface area contributed by atoms with Crippen LogP contribution in [0.1, 0.15) is 24.8 Å². The summed E-state index contributed by atoms with van der Waals surface area (Å²) < 4.78 is 14.1. The Morgan fingerprint density at radius 3 is 2.83 bits per heavy atom. The van der Waals surface area contributed by atoms with Crippen LogP contribution >= 0.6 is 15.9 Å². The molecule has 0 amide bonds. The zero-order chi connectivity index (χ0) is 13.2. The maximum absolute atomic E-state index is 13.3. The number of rotatable bonds is 2. The number of halogens is 2. The van der Waals surface area contributed by atoms with Gasteiger partial charge in [0, 0.05) is 17.4 Å². The minimum absolute atomic E-state index is 0.256. The van der Waals surface area contributed by atoms with Crippen LogP contribution in [-0.4, -0.2) is 35.7 Å². The Balaban J connectivity index is 2.11. The summed E-state index contributed by atoms with van der Waals surface area (Å²) in [4.78, 5) is 2.24. The lowest BCUT2D eigenvalue weighted by molar-refractivity contribution is 0.0262. The molecule has 0 radical (unpaired) electrons. The number of likely N-dealkylation sites (tertiary alicyclic amines) is 1. The molecule has 1 N–H and O–H groups in total. The summed E-state index contributed by atoms with van der Waals surface area (Å²) in [5, 5.41) is 10.6. The van der Waals surface area contributed by atoms with E-state index in [9.17, 15) is 9.50 Å². The van der Waals surface area contributed by atoms with Gasteiger partial charge in [-0.25, -0.2) is 4.39 Å². The minimum Gasteiger partial charge on any atom is -0.389 e. The van der Waals surface area contributed by atoms with Gasteiger partial charge in [0.2, 0.25) is 0 Å². The summed E-state index contributed by atoms with van der Waals surface area (Å²) in [5.41, 5.74) is 0.159. The van der Waals surface area contributed by atoms with Gasteiger partial charge in [-0.15, -0.1) is 0 Å². The van der Waals surface area contributed by atoms with Crippen LogP contribution in [0.4, 0.5) is 4.39 Å². The summed E-state index contributed by atoms with van der Waals surface area (Å²) >= 11 is 3.29. The van der Waals surface area contributed by atoms with Crippen molar-refractivity contribution >= 4 is 15.9 Å². The second-order valence-corrected chi connectivity index (χ2v) is 6.25. The Labute approximate surface area is 116 Å². The normalized spacial score (nSPS) is 26.0. The van der Waals surface area contributed by atoms with E-state index < -0.39 is 5.60 Å². The van der Waals surface area contributed by atoms with E-state index in [1.165, 1.54) is 12.1 Å². The standard InChI is InChI=1S/C14H19BrFNO/c1-17-5-2-3-14(18,4-6-17)10-11-7-12(15)9-13(16)8-11/h7-9,18H,2-6,10H2,1H3. The molecule has 0 bridgehead atoms. The first-order chi connectivity index (χ1) is 8.47. The summed E-state index contributed by atoms with van der Waals surface area (Å²) in [7, 11) is 2.07. The van der Waals surface area contributed by atoms with Crippen LogP contribution < -0.4 is 0 Å². The molecule has 100 valence electrons. The molecule has 1 aromatic carbocycles. The lowest BCUT2D eigenvalue weighted by atomic mass is 9.88. The van der Waals surface area contributed by atoms with Crippen molar-refractivity contribution in [1.29, 1.82) is 0 Å². The highest BCUT2D eigenvalue weighted by molar-refractivity contribution is 9.10. The number of hydrogen-bond donors (Lipinski definition) is 1. The molecule has 2 rings (SSSR count). The molecule has 4 heteroatoms. The molecule has 1 aliphatic rings. The van der Waals surface area contributed by atoms with Crippen molar-refractivity contribution < 1.29 is 9.50 Å². The average molecular weight is 316 g/mol. The van der Waals surface area contributed by atoms with Gasteiger partial charge in [-0.1, -0.05) is 15.9 Å². The van der Waals surface area contributed by atoms with E-state index >= 15 is 0 Å². The molecule has 1 heterocycles. The van der Waals surface area contributed by atoms with Crippen LogP contribution in [0.3, 0.4) is 0 Å². The van der Waals surface area contributed by atoms with Crippen molar-refractivity contribution in [3.05, 3.63) is 34.1 Å². The minimum atomic E-state index is -0.696. The third-order valence-corrected chi connectivity index (χ3v) is 4.05. The monoisotopic (exact) mass is 315 g/mol. The van der Waals surface area contributed by atoms with Crippen LogP contribution in [0.15, 0.2) is 22.7 Å². The maximum atomic E-state index is 13.3. The van der Waals surface area contributed by atoms with Gasteiger partial charge in [-0.3, -0.25) is 0 Å². The predicted octanol–water partition coefficient (Wildman–Crippen LogP) is 2.98. The fraction of sp³-hybridized carbons (Fsp3) is 0.571. The summed E-state index contributed by atoms with van der Waals surface area (Å²) in [6, 6.07) is 4.83. The summed E-state index contributed by atoms with van der Waals surface area (Å²) in [5.74, 6) is -0.256. The Morgan fingerprint density at radius 1 is 1.33 bits per heavy atom. The van der Waals surface area contributed by atoms with Crippen molar-refractivity contribution in [1.82, 2.24) is 4.90 Å². The van der Waals surface area contributed by atoms with Gasteiger partial charge in [-0.2, -0.15) is 0 Å². The van der Waals surface area contributed by atoms with Gasteiger partial charge >= 0.3 is 0 Å². The van der Waals surface area contributed by atoms with E-state index in [0.717, 1.165) is 42.4 Å².